The molecule has 1 aromatic carbocycles. The van der Waals surface area contributed by atoms with Gasteiger partial charge >= 0.3 is 0 Å². The van der Waals surface area contributed by atoms with Gasteiger partial charge in [-0.2, -0.15) is 0 Å². The second kappa shape index (κ2) is 5.45. The van der Waals surface area contributed by atoms with Crippen LogP contribution in [0, 0.1) is 0 Å². The molecule has 1 N–H and O–H groups in total. The molecule has 13 heavy (non-hydrogen) atoms. The maximum atomic E-state index is 9.50. The van der Waals surface area contributed by atoms with Crippen molar-refractivity contribution in [3.8, 4) is 5.75 Å². The van der Waals surface area contributed by atoms with Crippen LogP contribution in [0.1, 0.15) is 13.8 Å². The van der Waals surface area contributed by atoms with Gasteiger partial charge < -0.3 is 5.11 Å². The van der Waals surface area contributed by atoms with Crippen molar-refractivity contribution in [2.75, 3.05) is 11.5 Å². The number of rotatable bonds is 4. The van der Waals surface area contributed by atoms with Gasteiger partial charge in [-0.05, 0) is 29.7 Å². The first-order valence-electron chi connectivity index (χ1n) is 4.36. The topological polar surface area (TPSA) is 20.2 Å². The lowest BCUT2D eigenvalue weighted by Gasteiger charge is -2.04. The van der Waals surface area contributed by atoms with E-state index in [1.54, 1.807) is 29.6 Å². The maximum Gasteiger partial charge on any atom is 0.129 e. The summed E-state index contributed by atoms with van der Waals surface area (Å²) in [6, 6.07) is 5.79. The second-order valence-corrected chi connectivity index (χ2v) is 5.14. The molecule has 0 aliphatic heterocycles. The molecule has 1 rings (SSSR count). The highest BCUT2D eigenvalue weighted by atomic mass is 32.2. The van der Waals surface area contributed by atoms with Crippen LogP contribution in [0.4, 0.5) is 0 Å². The van der Waals surface area contributed by atoms with Gasteiger partial charge in [-0.15, -0.1) is 23.5 Å². The van der Waals surface area contributed by atoms with Crippen LogP contribution in [0.5, 0.6) is 5.75 Å². The van der Waals surface area contributed by atoms with Crippen molar-refractivity contribution in [3.63, 3.8) is 0 Å². The molecular weight excluding hydrogens is 200 g/mol. The largest absolute Gasteiger partial charge is 0.507 e. The Labute approximate surface area is 87.9 Å². The zero-order valence-corrected chi connectivity index (χ0v) is 9.54. The van der Waals surface area contributed by atoms with E-state index in [0.717, 1.165) is 16.4 Å². The molecule has 0 radical (unpaired) electrons. The van der Waals surface area contributed by atoms with Crippen molar-refractivity contribution < 1.29 is 5.11 Å². The third kappa shape index (κ3) is 3.16. The van der Waals surface area contributed by atoms with E-state index in [1.807, 2.05) is 6.07 Å². The van der Waals surface area contributed by atoms with Gasteiger partial charge in [0, 0.05) is 4.90 Å². The summed E-state index contributed by atoms with van der Waals surface area (Å²) in [4.78, 5) is 2.22. The highest BCUT2D eigenvalue weighted by Gasteiger charge is 2.01. The Kier molecular flexibility index (Phi) is 4.53. The van der Waals surface area contributed by atoms with Crippen molar-refractivity contribution in [2.24, 2.45) is 0 Å². The SMILES string of the molecule is CCSc1ccc(O)c(SCC)c1. The van der Waals surface area contributed by atoms with E-state index in [-0.39, 0.29) is 0 Å². The van der Waals surface area contributed by atoms with Crippen molar-refractivity contribution in [2.45, 2.75) is 23.6 Å². The van der Waals surface area contributed by atoms with Gasteiger partial charge in [0.05, 0.1) is 4.90 Å². The zero-order valence-electron chi connectivity index (χ0n) is 7.91. The van der Waals surface area contributed by atoms with Crippen LogP contribution in [-0.4, -0.2) is 16.6 Å². The van der Waals surface area contributed by atoms with E-state index in [4.69, 9.17) is 0 Å². The Hall–Kier alpha value is -0.280. The van der Waals surface area contributed by atoms with Crippen molar-refractivity contribution >= 4 is 23.5 Å². The molecule has 1 nitrogen and oxygen atoms in total. The first-order valence-corrected chi connectivity index (χ1v) is 6.33. The van der Waals surface area contributed by atoms with Crippen LogP contribution in [0.15, 0.2) is 28.0 Å². The minimum absolute atomic E-state index is 0.396. The number of benzene rings is 1. The summed E-state index contributed by atoms with van der Waals surface area (Å²) in [5, 5.41) is 9.50. The van der Waals surface area contributed by atoms with E-state index in [9.17, 15) is 5.11 Å². The average molecular weight is 214 g/mol. The molecule has 0 spiro atoms. The molecule has 0 heterocycles. The quantitative estimate of drug-likeness (QED) is 0.773. The second-order valence-electron chi connectivity index (χ2n) is 2.50. The smallest absolute Gasteiger partial charge is 0.129 e. The fraction of sp³-hybridized carbons (Fsp3) is 0.400. The highest BCUT2D eigenvalue weighted by molar-refractivity contribution is 8.00. The monoisotopic (exact) mass is 214 g/mol. The summed E-state index contributed by atoms with van der Waals surface area (Å²) >= 11 is 3.48. The van der Waals surface area contributed by atoms with Gasteiger partial charge in [0.1, 0.15) is 5.75 Å². The van der Waals surface area contributed by atoms with E-state index >= 15 is 0 Å². The molecule has 0 bridgehead atoms. The molecule has 0 fully saturated rings. The van der Waals surface area contributed by atoms with Crippen LogP contribution >= 0.6 is 23.5 Å². The minimum Gasteiger partial charge on any atom is -0.507 e. The molecule has 72 valence electrons. The molecule has 0 aliphatic carbocycles. The van der Waals surface area contributed by atoms with Crippen LogP contribution < -0.4 is 0 Å². The number of aromatic hydroxyl groups is 1. The highest BCUT2D eigenvalue weighted by Crippen LogP contribution is 2.32. The molecule has 0 aromatic heterocycles. The number of hydrogen-bond acceptors (Lipinski definition) is 3. The molecule has 0 saturated carbocycles. The predicted molar refractivity (Wildman–Crippen MR) is 60.9 cm³/mol. The van der Waals surface area contributed by atoms with E-state index < -0.39 is 0 Å². The molecule has 0 amide bonds. The molecule has 0 aliphatic rings. The van der Waals surface area contributed by atoms with Crippen LogP contribution in [-0.2, 0) is 0 Å². The standard InChI is InChI=1S/C10H14OS2/c1-3-12-8-5-6-9(11)10(7-8)13-4-2/h5-7,11H,3-4H2,1-2H3. The molecule has 1 aromatic rings. The number of thioether (sulfide) groups is 2. The minimum atomic E-state index is 0.396. The van der Waals surface area contributed by atoms with Crippen molar-refractivity contribution in [1.82, 2.24) is 0 Å². The van der Waals surface area contributed by atoms with Gasteiger partial charge in [-0.3, -0.25) is 0 Å². The molecule has 0 unspecified atom stereocenters. The fourth-order valence-electron chi connectivity index (χ4n) is 1.02. The lowest BCUT2D eigenvalue weighted by Crippen LogP contribution is -1.78. The van der Waals surface area contributed by atoms with Gasteiger partial charge in [0.15, 0.2) is 0 Å². The summed E-state index contributed by atoms with van der Waals surface area (Å²) in [6.45, 7) is 4.22. The van der Waals surface area contributed by atoms with Crippen LogP contribution in [0.25, 0.3) is 0 Å². The fourth-order valence-corrected chi connectivity index (χ4v) is 2.53. The Morgan fingerprint density at radius 2 is 1.85 bits per heavy atom. The lowest BCUT2D eigenvalue weighted by molar-refractivity contribution is 0.462. The predicted octanol–water partition coefficient (Wildman–Crippen LogP) is 3.62. The summed E-state index contributed by atoms with van der Waals surface area (Å²) in [5.74, 6) is 2.46. The van der Waals surface area contributed by atoms with Crippen molar-refractivity contribution in [3.05, 3.63) is 18.2 Å². The maximum absolute atomic E-state index is 9.50. The Morgan fingerprint density at radius 1 is 1.15 bits per heavy atom. The summed E-state index contributed by atoms with van der Waals surface area (Å²) in [5.41, 5.74) is 0. The van der Waals surface area contributed by atoms with Crippen LogP contribution in [0.3, 0.4) is 0 Å². The third-order valence-electron chi connectivity index (χ3n) is 1.54. The van der Waals surface area contributed by atoms with Gasteiger partial charge in [0.2, 0.25) is 0 Å². The Bertz CT molecular complexity index is 274. The summed E-state index contributed by atoms with van der Waals surface area (Å²) < 4.78 is 0. The van der Waals surface area contributed by atoms with Crippen molar-refractivity contribution in [1.29, 1.82) is 0 Å². The third-order valence-corrected chi connectivity index (χ3v) is 3.34. The van der Waals surface area contributed by atoms with Gasteiger partial charge in [-0.25, -0.2) is 0 Å². The Morgan fingerprint density at radius 3 is 2.46 bits per heavy atom. The number of phenols is 1. The summed E-state index contributed by atoms with van der Waals surface area (Å²) in [7, 11) is 0. The van der Waals surface area contributed by atoms with E-state index in [1.165, 1.54) is 4.90 Å². The molecule has 3 heteroatoms. The average Bonchev–Trinajstić information content (AvgIpc) is 2.12. The first kappa shape index (κ1) is 10.8. The normalized spacial score (nSPS) is 10.3. The van der Waals surface area contributed by atoms with E-state index in [0.29, 0.717) is 5.75 Å². The number of phenolic OH excluding ortho intramolecular Hbond substituents is 1. The van der Waals surface area contributed by atoms with Crippen LogP contribution in [0.2, 0.25) is 0 Å². The summed E-state index contributed by atoms with van der Waals surface area (Å²) in [6.07, 6.45) is 0. The molecular formula is C10H14OS2. The lowest BCUT2D eigenvalue weighted by atomic mass is 10.3. The Balaban J connectivity index is 2.83. The van der Waals surface area contributed by atoms with Gasteiger partial charge in [-0.1, -0.05) is 13.8 Å². The molecule has 0 saturated heterocycles. The number of hydrogen-bond donors (Lipinski definition) is 1. The van der Waals surface area contributed by atoms with E-state index in [2.05, 4.69) is 19.9 Å². The van der Waals surface area contributed by atoms with Gasteiger partial charge in [0.25, 0.3) is 0 Å². The first-order chi connectivity index (χ1) is 6.27. The zero-order chi connectivity index (χ0) is 9.68. The molecule has 0 atom stereocenters.